The number of methoxy groups -OCH3 is 1. The first-order chi connectivity index (χ1) is 14.0. The molecule has 0 aliphatic carbocycles. The van der Waals surface area contributed by atoms with Crippen LogP contribution in [0.3, 0.4) is 0 Å². The van der Waals surface area contributed by atoms with Crippen LogP contribution in [0.15, 0.2) is 41.4 Å². The van der Waals surface area contributed by atoms with Gasteiger partial charge in [0.25, 0.3) is 10.0 Å². The van der Waals surface area contributed by atoms with Crippen LogP contribution in [-0.4, -0.2) is 44.7 Å². The van der Waals surface area contributed by atoms with Crippen molar-refractivity contribution in [3.8, 4) is 5.75 Å². The minimum Gasteiger partial charge on any atom is -0.497 e. The van der Waals surface area contributed by atoms with Crippen molar-refractivity contribution < 1.29 is 23.1 Å². The third-order valence-corrected chi connectivity index (χ3v) is 5.59. The first-order valence-electron chi connectivity index (χ1n) is 9.68. The Kier molecular flexibility index (Phi) is 7.66. The van der Waals surface area contributed by atoms with Crippen molar-refractivity contribution in [1.82, 2.24) is 4.98 Å². The lowest BCUT2D eigenvalue weighted by Crippen LogP contribution is -2.33. The maximum atomic E-state index is 12.7. The Bertz CT molecular complexity index is 963. The zero-order valence-corrected chi connectivity index (χ0v) is 18.7. The Hall–Kier alpha value is -2.81. The highest BCUT2D eigenvalue weighted by Crippen LogP contribution is 2.25. The van der Waals surface area contributed by atoms with Gasteiger partial charge < -0.3 is 14.7 Å². The van der Waals surface area contributed by atoms with Gasteiger partial charge in [0.05, 0.1) is 23.9 Å². The number of nitrogens with zero attached hydrogens (tertiary/aromatic N) is 2. The van der Waals surface area contributed by atoms with Crippen molar-refractivity contribution in [2.75, 3.05) is 29.8 Å². The van der Waals surface area contributed by atoms with Crippen LogP contribution < -0.4 is 14.4 Å². The summed E-state index contributed by atoms with van der Waals surface area (Å²) in [5, 5.41) is 9.72. The Labute approximate surface area is 177 Å². The van der Waals surface area contributed by atoms with Gasteiger partial charge in [-0.15, -0.1) is 0 Å². The molecule has 0 radical (unpaired) electrons. The third kappa shape index (κ3) is 6.09. The summed E-state index contributed by atoms with van der Waals surface area (Å²) in [6.07, 6.45) is 1.34. The lowest BCUT2D eigenvalue weighted by molar-refractivity contribution is 0.0697. The van der Waals surface area contributed by atoms with E-state index in [9.17, 15) is 18.3 Å². The van der Waals surface area contributed by atoms with E-state index in [0.29, 0.717) is 36.5 Å². The van der Waals surface area contributed by atoms with Gasteiger partial charge in [-0.25, -0.2) is 18.2 Å². The van der Waals surface area contributed by atoms with Gasteiger partial charge >= 0.3 is 5.97 Å². The highest BCUT2D eigenvalue weighted by atomic mass is 32.2. The zero-order chi connectivity index (χ0) is 22.5. The smallest absolute Gasteiger partial charge is 0.339 e. The van der Waals surface area contributed by atoms with Crippen LogP contribution in [0.5, 0.6) is 5.75 Å². The molecule has 1 aromatic carbocycles. The number of sulfonamides is 1. The highest BCUT2D eigenvalue weighted by molar-refractivity contribution is 7.92. The van der Waals surface area contributed by atoms with Crippen LogP contribution >= 0.6 is 0 Å². The van der Waals surface area contributed by atoms with E-state index >= 15 is 0 Å². The van der Waals surface area contributed by atoms with E-state index in [1.54, 1.807) is 0 Å². The number of aromatic nitrogens is 1. The van der Waals surface area contributed by atoms with Crippen molar-refractivity contribution in [2.45, 2.75) is 32.6 Å². The number of nitrogens with one attached hydrogen (secondary N) is 1. The molecule has 30 heavy (non-hydrogen) atoms. The molecule has 2 aromatic rings. The van der Waals surface area contributed by atoms with Crippen LogP contribution in [0.25, 0.3) is 0 Å². The van der Waals surface area contributed by atoms with Crippen molar-refractivity contribution in [3.05, 3.63) is 42.1 Å². The van der Waals surface area contributed by atoms with Gasteiger partial charge in [-0.05, 0) is 42.2 Å². The molecule has 0 aliphatic rings. The van der Waals surface area contributed by atoms with Crippen molar-refractivity contribution in [3.63, 3.8) is 0 Å². The Balaban J connectivity index is 2.38. The quantitative estimate of drug-likeness (QED) is 0.585. The lowest BCUT2D eigenvalue weighted by Gasteiger charge is -2.28. The summed E-state index contributed by atoms with van der Waals surface area (Å²) >= 11 is 0. The van der Waals surface area contributed by atoms with E-state index in [4.69, 9.17) is 4.74 Å². The van der Waals surface area contributed by atoms with Crippen LogP contribution in [-0.2, 0) is 10.0 Å². The average molecular weight is 436 g/mol. The molecule has 0 aliphatic heterocycles. The summed E-state index contributed by atoms with van der Waals surface area (Å²) < 4.78 is 32.7. The SMILES string of the molecule is COc1ccc(S(=O)(=O)Nc2cnc(N(CC(C)C)CC(C)C)c(C(=O)O)c2)cc1. The molecule has 8 nitrogen and oxygen atoms in total. The number of carboxylic acid groups (broad SMARTS) is 1. The Morgan fingerprint density at radius 2 is 1.70 bits per heavy atom. The number of pyridine rings is 1. The van der Waals surface area contributed by atoms with Gasteiger partial charge in [0.15, 0.2) is 0 Å². The number of rotatable bonds is 10. The fourth-order valence-electron chi connectivity index (χ4n) is 3.02. The second kappa shape index (κ2) is 9.80. The summed E-state index contributed by atoms with van der Waals surface area (Å²) in [6, 6.07) is 7.20. The summed E-state index contributed by atoms with van der Waals surface area (Å²) in [4.78, 5) is 18.2. The van der Waals surface area contributed by atoms with Crippen LogP contribution in [0.1, 0.15) is 38.1 Å². The summed E-state index contributed by atoms with van der Waals surface area (Å²) in [5.41, 5.74) is 0.0345. The van der Waals surface area contributed by atoms with E-state index in [1.807, 2.05) is 32.6 Å². The van der Waals surface area contributed by atoms with Crippen LogP contribution in [0, 0.1) is 11.8 Å². The molecule has 0 saturated carbocycles. The molecule has 1 heterocycles. The summed E-state index contributed by atoms with van der Waals surface area (Å²) in [5.74, 6) is 0.308. The molecular weight excluding hydrogens is 406 g/mol. The average Bonchev–Trinajstić information content (AvgIpc) is 2.66. The first kappa shape index (κ1) is 23.5. The van der Waals surface area contributed by atoms with Gasteiger partial charge in [0, 0.05) is 13.1 Å². The van der Waals surface area contributed by atoms with Gasteiger partial charge in [-0.2, -0.15) is 0 Å². The first-order valence-corrected chi connectivity index (χ1v) is 11.2. The minimum absolute atomic E-state index is 0.0329. The number of hydrogen-bond acceptors (Lipinski definition) is 6. The molecule has 2 N–H and O–H groups in total. The Morgan fingerprint density at radius 3 is 2.17 bits per heavy atom. The number of benzene rings is 1. The molecule has 0 atom stereocenters. The molecule has 0 fully saturated rings. The van der Waals surface area contributed by atoms with E-state index in [1.165, 1.54) is 43.6 Å². The second-order valence-corrected chi connectivity index (χ2v) is 9.56. The highest BCUT2D eigenvalue weighted by Gasteiger charge is 2.22. The molecule has 0 spiro atoms. The van der Waals surface area contributed by atoms with Crippen LogP contribution in [0.4, 0.5) is 11.5 Å². The molecule has 164 valence electrons. The third-order valence-electron chi connectivity index (χ3n) is 4.19. The molecule has 0 saturated heterocycles. The minimum atomic E-state index is -3.90. The number of hydrogen-bond donors (Lipinski definition) is 2. The van der Waals surface area contributed by atoms with E-state index in [0.717, 1.165) is 0 Å². The predicted octanol–water partition coefficient (Wildman–Crippen LogP) is 3.71. The molecule has 1 aromatic heterocycles. The summed E-state index contributed by atoms with van der Waals surface area (Å²) in [7, 11) is -2.41. The number of anilines is 2. The van der Waals surface area contributed by atoms with Crippen molar-refractivity contribution in [1.29, 1.82) is 0 Å². The second-order valence-electron chi connectivity index (χ2n) is 7.87. The predicted molar refractivity (Wildman–Crippen MR) is 117 cm³/mol. The normalized spacial score (nSPS) is 11.6. The molecule has 0 unspecified atom stereocenters. The largest absolute Gasteiger partial charge is 0.497 e. The summed E-state index contributed by atoms with van der Waals surface area (Å²) in [6.45, 7) is 9.47. The van der Waals surface area contributed by atoms with E-state index < -0.39 is 16.0 Å². The number of carbonyl (C=O) groups is 1. The molecule has 0 amide bonds. The zero-order valence-electron chi connectivity index (χ0n) is 17.9. The van der Waals surface area contributed by atoms with E-state index in [2.05, 4.69) is 9.71 Å². The van der Waals surface area contributed by atoms with Gasteiger partial charge in [-0.3, -0.25) is 4.72 Å². The van der Waals surface area contributed by atoms with Crippen molar-refractivity contribution in [2.24, 2.45) is 11.8 Å². The van der Waals surface area contributed by atoms with Gasteiger partial charge in [0.1, 0.15) is 17.1 Å². The number of aromatic carboxylic acids is 1. The van der Waals surface area contributed by atoms with E-state index in [-0.39, 0.29) is 16.1 Å². The molecule has 9 heteroatoms. The lowest BCUT2D eigenvalue weighted by atomic mass is 10.1. The fourth-order valence-corrected chi connectivity index (χ4v) is 4.05. The molecule has 0 bridgehead atoms. The maximum absolute atomic E-state index is 12.7. The molecule has 2 rings (SSSR count). The van der Waals surface area contributed by atoms with Crippen LogP contribution in [0.2, 0.25) is 0 Å². The molecular formula is C21H29N3O5S. The standard InChI is InChI=1S/C21H29N3O5S/c1-14(2)12-24(13-15(3)4)20-19(21(25)26)10-16(11-22-20)23-30(27,28)18-8-6-17(29-5)7-9-18/h6-11,14-15,23H,12-13H2,1-5H3,(H,25,26). The number of carboxylic acids is 1. The maximum Gasteiger partial charge on any atom is 0.339 e. The van der Waals surface area contributed by atoms with Crippen molar-refractivity contribution >= 4 is 27.5 Å². The van der Waals surface area contributed by atoms with Gasteiger partial charge in [-0.1, -0.05) is 27.7 Å². The van der Waals surface area contributed by atoms with Gasteiger partial charge in [0.2, 0.25) is 0 Å². The topological polar surface area (TPSA) is 109 Å². The fraction of sp³-hybridized carbons (Fsp3) is 0.429. The number of ether oxygens (including phenoxy) is 1. The Morgan fingerprint density at radius 1 is 1.13 bits per heavy atom. The monoisotopic (exact) mass is 435 g/mol.